The summed E-state index contributed by atoms with van der Waals surface area (Å²) in [6, 6.07) is 22.2. The largest absolute Gasteiger partial charge is 0.358 e. The van der Waals surface area contributed by atoms with Gasteiger partial charge in [-0.15, -0.1) is 0 Å². The van der Waals surface area contributed by atoms with Crippen molar-refractivity contribution in [3.63, 3.8) is 0 Å². The van der Waals surface area contributed by atoms with Crippen molar-refractivity contribution in [3.8, 4) is 0 Å². The van der Waals surface area contributed by atoms with Crippen LogP contribution in [0.1, 0.15) is 11.1 Å². The molecule has 0 nitrogen and oxygen atoms in total. The van der Waals surface area contributed by atoms with E-state index in [0.717, 1.165) is 6.42 Å². The Balaban J connectivity index is -0.000000490. The van der Waals surface area contributed by atoms with Crippen molar-refractivity contribution in [2.75, 3.05) is 0 Å². The van der Waals surface area contributed by atoms with Crippen molar-refractivity contribution in [2.24, 2.45) is 0 Å². The first-order valence-corrected chi connectivity index (χ1v) is 4.35. The Bertz CT molecular complexity index is 320. The predicted octanol–water partition coefficient (Wildman–Crippen LogP) is 3.77. The van der Waals surface area contributed by atoms with Crippen molar-refractivity contribution >= 4 is 0 Å². The van der Waals surface area contributed by atoms with Gasteiger partial charge in [-0.2, -0.15) is 71.8 Å². The van der Waals surface area contributed by atoms with Crippen LogP contribution in [0.15, 0.2) is 48.5 Å². The number of rotatable bonds is 2. The van der Waals surface area contributed by atoms with Gasteiger partial charge in [-0.05, 0) is 6.42 Å². The summed E-state index contributed by atoms with van der Waals surface area (Å²) >= 11 is 0. The van der Waals surface area contributed by atoms with Crippen LogP contribution in [0.25, 0.3) is 0 Å². The van der Waals surface area contributed by atoms with Crippen molar-refractivity contribution in [2.45, 2.75) is 6.42 Å². The summed E-state index contributed by atoms with van der Waals surface area (Å²) in [7, 11) is 0. The van der Waals surface area contributed by atoms with E-state index >= 15 is 0 Å². The van der Waals surface area contributed by atoms with Crippen molar-refractivity contribution in [1.29, 1.82) is 0 Å². The van der Waals surface area contributed by atoms with E-state index < -0.39 is 0 Å². The van der Waals surface area contributed by atoms with Gasteiger partial charge in [0.25, 0.3) is 0 Å². The predicted molar refractivity (Wildman–Crippen MR) is 66.2 cm³/mol. The van der Waals surface area contributed by atoms with Gasteiger partial charge >= 0.3 is 0 Å². The van der Waals surface area contributed by atoms with E-state index in [1.54, 1.807) is 0 Å². The number of hydrogen-bond acceptors (Lipinski definition) is 0. The molecule has 0 fully saturated rings. The third kappa shape index (κ3) is 8.38. The molecule has 2 radical (unpaired) electrons. The smallest absolute Gasteiger partial charge is 0 e. The maximum Gasteiger partial charge on any atom is 0 e. The molecule has 2 aromatic rings. The molecule has 2 aromatic carbocycles. The molecule has 0 bridgehead atoms. The van der Waals surface area contributed by atoms with Gasteiger partial charge in [-0.1, -0.05) is 0 Å². The van der Waals surface area contributed by atoms with Crippen molar-refractivity contribution < 1.29 is 65.4 Å². The van der Waals surface area contributed by atoms with E-state index in [4.69, 9.17) is 0 Å². The summed E-state index contributed by atoms with van der Waals surface area (Å²) in [6.07, 6.45) is 0.989. The summed E-state index contributed by atoms with van der Waals surface area (Å²) in [6.45, 7) is 0. The first-order valence-electron chi connectivity index (χ1n) is 4.35. The number of hydrogen-bond donors (Lipinski definition) is 0. The Morgan fingerprint density at radius 2 is 0.941 bits per heavy atom. The summed E-state index contributed by atoms with van der Waals surface area (Å²) in [5, 5.41) is 0. The second-order valence-corrected chi connectivity index (χ2v) is 2.99. The summed E-state index contributed by atoms with van der Waals surface area (Å²) in [5.74, 6) is 0. The van der Waals surface area contributed by atoms with Crippen molar-refractivity contribution in [3.05, 3.63) is 86.6 Å². The van der Waals surface area contributed by atoms with Crippen LogP contribution in [0.4, 0.5) is 0 Å². The van der Waals surface area contributed by atoms with Gasteiger partial charge in [0.05, 0.1) is 0 Å². The average molecular weight is 374 g/mol. The maximum atomic E-state index is 3.01. The molecule has 2 rings (SSSR count). The molecule has 17 heavy (non-hydrogen) atoms. The van der Waals surface area contributed by atoms with Gasteiger partial charge in [-0.25, -0.2) is 0 Å². The molecule has 86 valence electrons. The molecule has 0 aliphatic rings. The minimum atomic E-state index is 0. The zero-order chi connectivity index (χ0) is 8.93. The van der Waals surface area contributed by atoms with Crippen LogP contribution in [0, 0.1) is 27.0 Å². The fraction of sp³-hybridized carbons (Fsp3) is 0.0667. The summed E-state index contributed by atoms with van der Waals surface area (Å²) in [4.78, 5) is 0. The van der Waals surface area contributed by atoms with Gasteiger partial charge in [0, 0.05) is 65.4 Å². The molecule has 2 heteroatoms. The van der Waals surface area contributed by atoms with Crippen LogP contribution in [-0.2, 0) is 71.8 Å². The zero-order valence-electron chi connectivity index (χ0n) is 10.5. The molecule has 0 heterocycles. The van der Waals surface area contributed by atoms with Gasteiger partial charge in [0.1, 0.15) is 0 Å². The summed E-state index contributed by atoms with van der Waals surface area (Å²) in [5.41, 5.74) is 2.65. The minimum absolute atomic E-state index is 0. The first-order chi connectivity index (χ1) is 6.45. The van der Waals surface area contributed by atoms with Crippen LogP contribution >= 0.6 is 0 Å². The maximum absolute atomic E-state index is 3.01. The molecule has 0 aliphatic carbocycles. The van der Waals surface area contributed by atoms with Gasteiger partial charge in [0.2, 0.25) is 0 Å². The van der Waals surface area contributed by atoms with Crippen LogP contribution in [0.2, 0.25) is 0 Å². The fourth-order valence-electron chi connectivity index (χ4n) is 1.31. The Morgan fingerprint density at radius 1 is 0.647 bits per heavy atom. The molecular weight excluding hydrogens is 358 g/mol. The van der Waals surface area contributed by atoms with Crippen LogP contribution in [0.5, 0.6) is 0 Å². The Morgan fingerprint density at radius 3 is 1.24 bits per heavy atom. The molecule has 0 unspecified atom stereocenters. The average Bonchev–Trinajstić information content (AvgIpc) is 2.21. The normalized spacial score (nSPS) is 7.53. The SMILES string of the molecule is [CH3-].[CH3-].[Y].[Y].[c-]1ccc(Cc2cc[c-]cc2)cc1. The van der Waals surface area contributed by atoms with Crippen molar-refractivity contribution in [1.82, 2.24) is 0 Å². The van der Waals surface area contributed by atoms with Crippen LogP contribution < -0.4 is 0 Å². The van der Waals surface area contributed by atoms with E-state index in [2.05, 4.69) is 36.4 Å². The quantitative estimate of drug-likeness (QED) is 0.703. The Kier molecular flexibility index (Phi) is 17.6. The first kappa shape index (κ1) is 22.8. The number of benzene rings is 2. The Hall–Kier alpha value is 0.648. The van der Waals surface area contributed by atoms with Crippen LogP contribution in [0.3, 0.4) is 0 Å². The summed E-state index contributed by atoms with van der Waals surface area (Å²) < 4.78 is 0. The van der Waals surface area contributed by atoms with E-state index in [0.29, 0.717) is 0 Å². The molecule has 0 aromatic heterocycles. The molecule has 0 aliphatic heterocycles. The monoisotopic (exact) mass is 374 g/mol. The fourth-order valence-corrected chi connectivity index (χ4v) is 1.31. The minimum Gasteiger partial charge on any atom is -0.358 e. The second kappa shape index (κ2) is 13.1. The molecule has 0 spiro atoms. The van der Waals surface area contributed by atoms with E-state index in [-0.39, 0.29) is 80.3 Å². The van der Waals surface area contributed by atoms with E-state index in [9.17, 15) is 0 Å². The third-order valence-corrected chi connectivity index (χ3v) is 1.98. The van der Waals surface area contributed by atoms with Gasteiger partial charge < -0.3 is 14.9 Å². The van der Waals surface area contributed by atoms with Gasteiger partial charge in [0.15, 0.2) is 0 Å². The topological polar surface area (TPSA) is 0 Å². The standard InChI is InChI=1S/C13H10.2CH3.2Y/c1-3-7-12(8-4-1)11-13-9-5-2-6-10-13;;;;/h3-10H,11H2;2*1H3;;/q-2;2*-1;;. The second-order valence-electron chi connectivity index (χ2n) is 2.99. The van der Waals surface area contributed by atoms with E-state index in [1.807, 2.05) is 24.3 Å². The molecule has 0 saturated heterocycles. The molecule has 0 N–H and O–H groups in total. The molecular formula is C15H16Y2-4. The van der Waals surface area contributed by atoms with E-state index in [1.165, 1.54) is 11.1 Å². The third-order valence-electron chi connectivity index (χ3n) is 1.98. The van der Waals surface area contributed by atoms with Gasteiger partial charge in [-0.3, -0.25) is 0 Å². The zero-order valence-corrected chi connectivity index (χ0v) is 16.2. The molecule has 0 saturated carbocycles. The van der Waals surface area contributed by atoms with Crippen LogP contribution in [-0.4, -0.2) is 0 Å². The molecule has 0 amide bonds. The Labute approximate surface area is 156 Å². The molecule has 0 atom stereocenters.